The highest BCUT2D eigenvalue weighted by atomic mass is 19.1. The summed E-state index contributed by atoms with van der Waals surface area (Å²) in [5.74, 6) is -1.66. The molecule has 0 spiro atoms. The van der Waals surface area contributed by atoms with E-state index in [0.717, 1.165) is 5.56 Å². The standard InChI is InChI=1S/C12H12FNO3/c1-17-12(7-8-5-3-2-4-6-8)9(13)10(15)14-11(12)16/h2-6,9H,7H2,1H3,(H,14,15,16). The largest absolute Gasteiger partial charge is 0.364 e. The molecule has 90 valence electrons. The van der Waals surface area contributed by atoms with Gasteiger partial charge in [0.25, 0.3) is 11.8 Å². The van der Waals surface area contributed by atoms with E-state index < -0.39 is 23.6 Å². The molecule has 5 heteroatoms. The number of ether oxygens (including phenoxy) is 1. The zero-order valence-electron chi connectivity index (χ0n) is 9.27. The predicted octanol–water partition coefficient (Wildman–Crippen LogP) is 0.609. The van der Waals surface area contributed by atoms with Crippen LogP contribution in [0.2, 0.25) is 0 Å². The lowest BCUT2D eigenvalue weighted by Gasteiger charge is -2.25. The third-order valence-electron chi connectivity index (χ3n) is 2.93. The highest BCUT2D eigenvalue weighted by Gasteiger charge is 2.56. The number of halogens is 1. The lowest BCUT2D eigenvalue weighted by molar-refractivity contribution is -0.144. The van der Waals surface area contributed by atoms with Crippen LogP contribution in [0.15, 0.2) is 30.3 Å². The average Bonchev–Trinajstić information content (AvgIpc) is 2.55. The van der Waals surface area contributed by atoms with Crippen LogP contribution in [-0.4, -0.2) is 30.7 Å². The Balaban J connectivity index is 2.32. The van der Waals surface area contributed by atoms with Crippen LogP contribution < -0.4 is 5.32 Å². The number of amides is 2. The Kier molecular flexibility index (Phi) is 2.93. The highest BCUT2D eigenvalue weighted by molar-refractivity contribution is 6.10. The molecule has 0 radical (unpaired) electrons. The van der Waals surface area contributed by atoms with Crippen LogP contribution >= 0.6 is 0 Å². The maximum Gasteiger partial charge on any atom is 0.264 e. The maximum absolute atomic E-state index is 13.8. The number of methoxy groups -OCH3 is 1. The highest BCUT2D eigenvalue weighted by Crippen LogP contribution is 2.28. The van der Waals surface area contributed by atoms with Crippen LogP contribution in [0.5, 0.6) is 0 Å². The minimum absolute atomic E-state index is 0.0308. The lowest BCUT2D eigenvalue weighted by atomic mass is 9.91. The molecule has 2 rings (SSSR count). The van der Waals surface area contributed by atoms with Gasteiger partial charge in [0.15, 0.2) is 5.60 Å². The van der Waals surface area contributed by atoms with E-state index in [4.69, 9.17) is 4.74 Å². The van der Waals surface area contributed by atoms with Gasteiger partial charge in [-0.2, -0.15) is 0 Å². The summed E-state index contributed by atoms with van der Waals surface area (Å²) in [5.41, 5.74) is -1.000. The van der Waals surface area contributed by atoms with Gasteiger partial charge in [-0.1, -0.05) is 30.3 Å². The summed E-state index contributed by atoms with van der Waals surface area (Å²) < 4.78 is 18.8. The molecule has 1 saturated heterocycles. The van der Waals surface area contributed by atoms with Crippen molar-refractivity contribution in [3.63, 3.8) is 0 Å². The Hall–Kier alpha value is -1.75. The number of nitrogens with one attached hydrogen (secondary N) is 1. The Morgan fingerprint density at radius 3 is 2.47 bits per heavy atom. The van der Waals surface area contributed by atoms with E-state index in [0.29, 0.717) is 0 Å². The van der Waals surface area contributed by atoms with Crippen molar-refractivity contribution in [1.82, 2.24) is 5.32 Å². The van der Waals surface area contributed by atoms with Gasteiger partial charge in [0, 0.05) is 13.5 Å². The smallest absolute Gasteiger partial charge is 0.264 e. The first-order valence-corrected chi connectivity index (χ1v) is 5.18. The van der Waals surface area contributed by atoms with Gasteiger partial charge in [0.1, 0.15) is 0 Å². The van der Waals surface area contributed by atoms with E-state index >= 15 is 0 Å². The van der Waals surface area contributed by atoms with Gasteiger partial charge >= 0.3 is 0 Å². The van der Waals surface area contributed by atoms with E-state index in [1.54, 1.807) is 24.3 Å². The normalized spacial score (nSPS) is 28.2. The molecule has 1 aliphatic rings. The van der Waals surface area contributed by atoms with Crippen LogP contribution in [0.1, 0.15) is 5.56 Å². The van der Waals surface area contributed by atoms with Crippen molar-refractivity contribution in [2.45, 2.75) is 18.2 Å². The molecule has 0 aliphatic carbocycles. The van der Waals surface area contributed by atoms with E-state index in [-0.39, 0.29) is 6.42 Å². The molecule has 1 heterocycles. The summed E-state index contributed by atoms with van der Waals surface area (Å²) in [6, 6.07) is 8.88. The Labute approximate surface area is 97.8 Å². The monoisotopic (exact) mass is 237 g/mol. The van der Waals surface area contributed by atoms with E-state index in [1.165, 1.54) is 7.11 Å². The number of rotatable bonds is 3. The van der Waals surface area contributed by atoms with Crippen molar-refractivity contribution in [3.8, 4) is 0 Å². The van der Waals surface area contributed by atoms with Crippen LogP contribution in [0.3, 0.4) is 0 Å². The number of benzene rings is 1. The molecular formula is C12H12FNO3. The summed E-state index contributed by atoms with van der Waals surface area (Å²) in [5, 5.41) is 1.95. The van der Waals surface area contributed by atoms with Crippen molar-refractivity contribution in [1.29, 1.82) is 0 Å². The predicted molar refractivity (Wildman–Crippen MR) is 57.9 cm³/mol. The van der Waals surface area contributed by atoms with Crippen LogP contribution in [-0.2, 0) is 20.7 Å². The number of carbonyl (C=O) groups excluding carboxylic acids is 2. The number of carbonyl (C=O) groups is 2. The van der Waals surface area contributed by atoms with Gasteiger partial charge in [0.05, 0.1) is 0 Å². The third-order valence-corrected chi connectivity index (χ3v) is 2.93. The SMILES string of the molecule is COC1(Cc2ccccc2)C(=O)NC(=O)C1F. The minimum Gasteiger partial charge on any atom is -0.364 e. The van der Waals surface area contributed by atoms with E-state index in [9.17, 15) is 14.0 Å². The summed E-state index contributed by atoms with van der Waals surface area (Å²) in [6.45, 7) is 0. The summed E-state index contributed by atoms with van der Waals surface area (Å²) in [7, 11) is 1.23. The van der Waals surface area contributed by atoms with E-state index in [1.807, 2.05) is 11.4 Å². The molecule has 1 aromatic rings. The molecule has 1 aromatic carbocycles. The number of alkyl halides is 1. The quantitative estimate of drug-likeness (QED) is 0.783. The Bertz CT molecular complexity index is 448. The average molecular weight is 237 g/mol. The fourth-order valence-electron chi connectivity index (χ4n) is 1.95. The topological polar surface area (TPSA) is 55.4 Å². The second-order valence-corrected chi connectivity index (χ2v) is 3.94. The second kappa shape index (κ2) is 4.25. The van der Waals surface area contributed by atoms with Crippen molar-refractivity contribution in [2.24, 2.45) is 0 Å². The first-order valence-electron chi connectivity index (χ1n) is 5.18. The van der Waals surface area contributed by atoms with Crippen molar-refractivity contribution in [3.05, 3.63) is 35.9 Å². The molecule has 2 atom stereocenters. The molecule has 1 fully saturated rings. The molecule has 0 saturated carbocycles. The Morgan fingerprint density at radius 1 is 1.35 bits per heavy atom. The third kappa shape index (κ3) is 1.82. The molecule has 2 unspecified atom stereocenters. The number of hydrogen-bond donors (Lipinski definition) is 1. The maximum atomic E-state index is 13.8. The van der Waals surface area contributed by atoms with Gasteiger partial charge < -0.3 is 4.74 Å². The first-order chi connectivity index (χ1) is 8.10. The van der Waals surface area contributed by atoms with Gasteiger partial charge in [-0.15, -0.1) is 0 Å². The summed E-state index contributed by atoms with van der Waals surface area (Å²) in [4.78, 5) is 22.8. The number of imide groups is 1. The van der Waals surface area contributed by atoms with Crippen LogP contribution in [0.4, 0.5) is 4.39 Å². The van der Waals surface area contributed by atoms with E-state index in [2.05, 4.69) is 0 Å². The molecule has 17 heavy (non-hydrogen) atoms. The molecule has 0 bridgehead atoms. The first kappa shape index (κ1) is 11.7. The van der Waals surface area contributed by atoms with Crippen molar-refractivity contribution in [2.75, 3.05) is 7.11 Å². The Morgan fingerprint density at radius 2 is 2.00 bits per heavy atom. The van der Waals surface area contributed by atoms with Crippen molar-refractivity contribution >= 4 is 11.8 Å². The zero-order chi connectivity index (χ0) is 12.5. The summed E-state index contributed by atoms with van der Waals surface area (Å²) in [6.07, 6.45) is -1.94. The summed E-state index contributed by atoms with van der Waals surface area (Å²) >= 11 is 0. The molecule has 0 aromatic heterocycles. The fraction of sp³-hybridized carbons (Fsp3) is 0.333. The molecule has 2 amide bonds. The second-order valence-electron chi connectivity index (χ2n) is 3.94. The molecule has 1 aliphatic heterocycles. The lowest BCUT2D eigenvalue weighted by Crippen LogP contribution is -2.48. The molecule has 1 N–H and O–H groups in total. The van der Waals surface area contributed by atoms with Gasteiger partial charge in [-0.3, -0.25) is 14.9 Å². The fourth-order valence-corrected chi connectivity index (χ4v) is 1.95. The van der Waals surface area contributed by atoms with Gasteiger partial charge in [0.2, 0.25) is 6.17 Å². The van der Waals surface area contributed by atoms with Gasteiger partial charge in [-0.25, -0.2) is 4.39 Å². The number of hydrogen-bond acceptors (Lipinski definition) is 3. The minimum atomic E-state index is -1.97. The van der Waals surface area contributed by atoms with Crippen LogP contribution in [0.25, 0.3) is 0 Å². The zero-order valence-corrected chi connectivity index (χ0v) is 9.27. The molecular weight excluding hydrogens is 225 g/mol. The molecule has 4 nitrogen and oxygen atoms in total. The van der Waals surface area contributed by atoms with Gasteiger partial charge in [-0.05, 0) is 5.56 Å². The van der Waals surface area contributed by atoms with Crippen molar-refractivity contribution < 1.29 is 18.7 Å². The van der Waals surface area contributed by atoms with Crippen LogP contribution in [0, 0.1) is 0 Å².